The number of halogens is 1. The molecule has 14 heavy (non-hydrogen) atoms. The van der Waals surface area contributed by atoms with Gasteiger partial charge in [-0.2, -0.15) is 0 Å². The summed E-state index contributed by atoms with van der Waals surface area (Å²) in [4.78, 5) is 11.3. The van der Waals surface area contributed by atoms with Crippen molar-refractivity contribution in [1.29, 1.82) is 0 Å². The number of ketones is 1. The molecular formula is C11H9FO2. The molecule has 0 atom stereocenters. The van der Waals surface area contributed by atoms with Gasteiger partial charge in [0.1, 0.15) is 19.0 Å². The quantitative estimate of drug-likeness (QED) is 0.412. The molecule has 0 saturated heterocycles. The largest absolute Gasteiger partial charge is 0.361 e. The Morgan fingerprint density at radius 3 is 3.00 bits per heavy atom. The van der Waals surface area contributed by atoms with Gasteiger partial charge in [0.05, 0.1) is 0 Å². The van der Waals surface area contributed by atoms with E-state index >= 15 is 0 Å². The van der Waals surface area contributed by atoms with Crippen LogP contribution in [0.25, 0.3) is 0 Å². The van der Waals surface area contributed by atoms with E-state index in [1.165, 1.54) is 24.3 Å². The molecular weight excluding hydrogens is 183 g/mol. The number of carbonyl (C=O) groups excluding carboxylic acids is 1. The van der Waals surface area contributed by atoms with Crippen LogP contribution in [0.2, 0.25) is 0 Å². The number of rotatable bonds is 4. The molecule has 1 aromatic rings. The molecule has 0 bridgehead atoms. The summed E-state index contributed by atoms with van der Waals surface area (Å²) in [5.41, 5.74) is 0.294. The molecule has 0 heterocycles. The molecule has 0 N–H and O–H groups in total. The van der Waals surface area contributed by atoms with E-state index in [0.29, 0.717) is 5.56 Å². The molecule has 0 saturated carbocycles. The first-order valence-electron chi connectivity index (χ1n) is 4.04. The molecule has 0 aromatic heterocycles. The Labute approximate surface area is 81.7 Å². The molecule has 1 rings (SSSR count). The topological polar surface area (TPSA) is 26.3 Å². The molecule has 2 nitrogen and oxygen atoms in total. The van der Waals surface area contributed by atoms with Gasteiger partial charge in [-0.15, -0.1) is 6.42 Å². The summed E-state index contributed by atoms with van der Waals surface area (Å²) in [7, 11) is 0. The summed E-state index contributed by atoms with van der Waals surface area (Å²) in [5.74, 6) is 1.52. The second-order valence-electron chi connectivity index (χ2n) is 2.63. The highest BCUT2D eigenvalue weighted by Crippen LogP contribution is 2.04. The normalized spacial score (nSPS) is 9.43. The lowest BCUT2D eigenvalue weighted by Gasteiger charge is -2.00. The summed E-state index contributed by atoms with van der Waals surface area (Å²) in [5, 5.41) is 0. The van der Waals surface area contributed by atoms with Crippen molar-refractivity contribution in [2.75, 3.05) is 13.2 Å². The third-order valence-electron chi connectivity index (χ3n) is 1.57. The molecule has 1 aromatic carbocycles. The van der Waals surface area contributed by atoms with Crippen molar-refractivity contribution >= 4 is 5.78 Å². The molecule has 0 aliphatic rings. The van der Waals surface area contributed by atoms with Crippen molar-refractivity contribution in [3.63, 3.8) is 0 Å². The highest BCUT2D eigenvalue weighted by molar-refractivity contribution is 5.97. The summed E-state index contributed by atoms with van der Waals surface area (Å²) in [6.45, 7) is -0.0330. The minimum absolute atomic E-state index is 0.0844. The van der Waals surface area contributed by atoms with Crippen molar-refractivity contribution in [3.8, 4) is 12.3 Å². The molecule has 0 radical (unpaired) electrons. The molecule has 0 amide bonds. The Balaban J connectivity index is 2.57. The Bertz CT molecular complexity index is 366. The first-order valence-corrected chi connectivity index (χ1v) is 4.04. The van der Waals surface area contributed by atoms with Crippen LogP contribution in [0, 0.1) is 18.2 Å². The fourth-order valence-corrected chi connectivity index (χ4v) is 0.948. The number of hydrogen-bond acceptors (Lipinski definition) is 2. The fraction of sp³-hybridized carbons (Fsp3) is 0.182. The van der Waals surface area contributed by atoms with Crippen molar-refractivity contribution in [1.82, 2.24) is 0 Å². The molecule has 3 heteroatoms. The summed E-state index contributed by atoms with van der Waals surface area (Å²) >= 11 is 0. The predicted molar refractivity (Wildman–Crippen MR) is 50.4 cm³/mol. The maximum Gasteiger partial charge on any atom is 0.188 e. The van der Waals surface area contributed by atoms with Crippen LogP contribution in [0.4, 0.5) is 4.39 Å². The summed E-state index contributed by atoms with van der Waals surface area (Å²) in [6.07, 6.45) is 4.93. The van der Waals surface area contributed by atoms with Gasteiger partial charge >= 0.3 is 0 Å². The highest BCUT2D eigenvalue weighted by atomic mass is 19.1. The average molecular weight is 192 g/mol. The second kappa shape index (κ2) is 5.15. The van der Waals surface area contributed by atoms with Gasteiger partial charge in [0.15, 0.2) is 5.78 Å². The zero-order chi connectivity index (χ0) is 10.4. The van der Waals surface area contributed by atoms with Gasteiger partial charge in [0, 0.05) is 5.56 Å². The number of terminal acetylenes is 1. The predicted octanol–water partition coefficient (Wildman–Crippen LogP) is 1.66. The van der Waals surface area contributed by atoms with Gasteiger partial charge in [-0.1, -0.05) is 18.1 Å². The summed E-state index contributed by atoms with van der Waals surface area (Å²) in [6, 6.07) is 5.45. The fourth-order valence-electron chi connectivity index (χ4n) is 0.948. The van der Waals surface area contributed by atoms with E-state index < -0.39 is 5.82 Å². The van der Waals surface area contributed by atoms with Crippen LogP contribution in [-0.4, -0.2) is 19.0 Å². The lowest BCUT2D eigenvalue weighted by Crippen LogP contribution is -2.09. The Hall–Kier alpha value is -1.66. The van der Waals surface area contributed by atoms with Crippen molar-refractivity contribution in [2.24, 2.45) is 0 Å². The summed E-state index contributed by atoms with van der Waals surface area (Å²) < 4.78 is 17.5. The van der Waals surface area contributed by atoms with Crippen LogP contribution in [0.1, 0.15) is 10.4 Å². The first kappa shape index (κ1) is 10.4. The standard InChI is InChI=1S/C11H9FO2/c1-2-6-14-8-11(13)9-4-3-5-10(12)7-9/h1,3-5,7H,6,8H2. The van der Waals surface area contributed by atoms with Crippen LogP contribution in [0.15, 0.2) is 24.3 Å². The van der Waals surface area contributed by atoms with E-state index in [1.54, 1.807) is 0 Å². The van der Waals surface area contributed by atoms with Gasteiger partial charge in [0.25, 0.3) is 0 Å². The third-order valence-corrected chi connectivity index (χ3v) is 1.57. The van der Waals surface area contributed by atoms with Gasteiger partial charge in [-0.3, -0.25) is 4.79 Å². The average Bonchev–Trinajstić information content (AvgIpc) is 2.18. The van der Waals surface area contributed by atoms with Crippen LogP contribution >= 0.6 is 0 Å². The second-order valence-corrected chi connectivity index (χ2v) is 2.63. The minimum atomic E-state index is -0.437. The lowest BCUT2D eigenvalue weighted by molar-refractivity contribution is 0.0812. The zero-order valence-corrected chi connectivity index (χ0v) is 7.50. The molecule has 0 unspecified atom stereocenters. The minimum Gasteiger partial charge on any atom is -0.361 e. The zero-order valence-electron chi connectivity index (χ0n) is 7.50. The maximum atomic E-state index is 12.7. The maximum absolute atomic E-state index is 12.7. The van der Waals surface area contributed by atoms with Crippen molar-refractivity contribution < 1.29 is 13.9 Å². The Morgan fingerprint density at radius 2 is 2.36 bits per heavy atom. The van der Waals surface area contributed by atoms with E-state index in [2.05, 4.69) is 5.92 Å². The third kappa shape index (κ3) is 3.00. The van der Waals surface area contributed by atoms with Crippen LogP contribution in [0.3, 0.4) is 0 Å². The number of ether oxygens (including phenoxy) is 1. The first-order chi connectivity index (χ1) is 6.74. The van der Waals surface area contributed by atoms with Crippen molar-refractivity contribution in [3.05, 3.63) is 35.6 Å². The monoisotopic (exact) mass is 192 g/mol. The SMILES string of the molecule is C#CCOCC(=O)c1cccc(F)c1. The number of benzene rings is 1. The van der Waals surface area contributed by atoms with E-state index in [4.69, 9.17) is 11.2 Å². The Kier molecular flexibility index (Phi) is 3.84. The molecule has 0 fully saturated rings. The highest BCUT2D eigenvalue weighted by Gasteiger charge is 2.05. The van der Waals surface area contributed by atoms with Crippen LogP contribution < -0.4 is 0 Å². The van der Waals surface area contributed by atoms with Gasteiger partial charge in [-0.05, 0) is 12.1 Å². The van der Waals surface area contributed by atoms with Crippen LogP contribution in [0.5, 0.6) is 0 Å². The molecule has 0 aliphatic carbocycles. The number of hydrogen-bond donors (Lipinski definition) is 0. The molecule has 0 aliphatic heterocycles. The van der Waals surface area contributed by atoms with Gasteiger partial charge in [-0.25, -0.2) is 4.39 Å². The van der Waals surface area contributed by atoms with E-state index in [1.807, 2.05) is 0 Å². The smallest absolute Gasteiger partial charge is 0.188 e. The van der Waals surface area contributed by atoms with E-state index in [0.717, 1.165) is 0 Å². The van der Waals surface area contributed by atoms with E-state index in [-0.39, 0.29) is 19.0 Å². The number of Topliss-reactive ketones (excluding diaryl/α,β-unsaturated/α-hetero) is 1. The molecule has 72 valence electrons. The van der Waals surface area contributed by atoms with E-state index in [9.17, 15) is 9.18 Å². The molecule has 0 spiro atoms. The van der Waals surface area contributed by atoms with Gasteiger partial charge < -0.3 is 4.74 Å². The Morgan fingerprint density at radius 1 is 1.57 bits per heavy atom. The number of carbonyl (C=O) groups is 1. The van der Waals surface area contributed by atoms with Gasteiger partial charge in [0.2, 0.25) is 0 Å². The lowest BCUT2D eigenvalue weighted by atomic mass is 10.1. The van der Waals surface area contributed by atoms with Crippen LogP contribution in [-0.2, 0) is 4.74 Å². The van der Waals surface area contributed by atoms with Crippen molar-refractivity contribution in [2.45, 2.75) is 0 Å².